The lowest BCUT2D eigenvalue weighted by atomic mass is 9.77. The van der Waals surface area contributed by atoms with E-state index in [1.54, 1.807) is 25.1 Å². The van der Waals surface area contributed by atoms with Crippen molar-refractivity contribution in [2.45, 2.75) is 51.7 Å². The summed E-state index contributed by atoms with van der Waals surface area (Å²) in [6.45, 7) is 5.61. The predicted molar refractivity (Wildman–Crippen MR) is 79.1 cm³/mol. The molecule has 0 bridgehead atoms. The first-order valence-electron chi connectivity index (χ1n) is 7.16. The number of nitrogens with zero attached hydrogens (tertiary/aromatic N) is 1. The lowest BCUT2D eigenvalue weighted by Crippen LogP contribution is -2.40. The molecule has 0 aromatic carbocycles. The van der Waals surface area contributed by atoms with Crippen molar-refractivity contribution in [2.75, 3.05) is 14.1 Å². The molecule has 20 heavy (non-hydrogen) atoms. The summed E-state index contributed by atoms with van der Waals surface area (Å²) in [5, 5.41) is 9.88. The van der Waals surface area contributed by atoms with Crippen LogP contribution in [-0.4, -0.2) is 41.7 Å². The second-order valence-corrected chi connectivity index (χ2v) is 6.79. The van der Waals surface area contributed by atoms with E-state index in [9.17, 15) is 9.90 Å². The molecule has 0 aromatic heterocycles. The zero-order valence-corrected chi connectivity index (χ0v) is 13.2. The van der Waals surface area contributed by atoms with Gasteiger partial charge in [0.05, 0.1) is 0 Å². The summed E-state index contributed by atoms with van der Waals surface area (Å²) < 4.78 is 5.40. The largest absolute Gasteiger partial charge is 0.481 e. The number of hydrogen-bond donors (Lipinski definition) is 2. The van der Waals surface area contributed by atoms with Gasteiger partial charge in [-0.2, -0.15) is 0 Å². The highest BCUT2D eigenvalue weighted by atomic mass is 16.6. The van der Waals surface area contributed by atoms with E-state index in [0.717, 1.165) is 12.8 Å². The Morgan fingerprint density at radius 3 is 2.45 bits per heavy atom. The summed E-state index contributed by atoms with van der Waals surface area (Å²) in [6, 6.07) is -0.0352. The maximum Gasteiger partial charge on any atom is 0.273 e. The highest BCUT2D eigenvalue weighted by Crippen LogP contribution is 2.31. The second kappa shape index (κ2) is 6.48. The molecule has 1 fully saturated rings. The van der Waals surface area contributed by atoms with Gasteiger partial charge in [-0.3, -0.25) is 4.79 Å². The van der Waals surface area contributed by atoms with Crippen LogP contribution in [0.3, 0.4) is 0 Å². The van der Waals surface area contributed by atoms with E-state index in [-0.39, 0.29) is 29.7 Å². The van der Waals surface area contributed by atoms with E-state index in [2.05, 4.69) is 0 Å². The van der Waals surface area contributed by atoms with Crippen LogP contribution in [0.1, 0.15) is 40.0 Å². The van der Waals surface area contributed by atoms with E-state index >= 15 is 0 Å². The molecule has 0 aromatic rings. The lowest BCUT2D eigenvalue weighted by molar-refractivity contribution is -0.134. The van der Waals surface area contributed by atoms with Gasteiger partial charge in [0.1, 0.15) is 5.60 Å². The number of ether oxygens (including phenoxy) is 1. The SMILES string of the molecule is CN(C)C(=O)C1CCC(N)C(/C=C(\O)OC(C)(C)C)C1. The zero-order chi connectivity index (χ0) is 15.5. The average molecular weight is 284 g/mol. The van der Waals surface area contributed by atoms with Crippen molar-refractivity contribution in [3.8, 4) is 0 Å². The van der Waals surface area contributed by atoms with Gasteiger partial charge in [-0.05, 0) is 46.0 Å². The third kappa shape index (κ3) is 5.04. The Labute approximate surface area is 121 Å². The number of aliphatic hydroxyl groups excluding tert-OH is 1. The smallest absolute Gasteiger partial charge is 0.273 e. The van der Waals surface area contributed by atoms with E-state index in [1.807, 2.05) is 20.8 Å². The lowest BCUT2D eigenvalue weighted by Gasteiger charge is -2.33. The monoisotopic (exact) mass is 284 g/mol. The van der Waals surface area contributed by atoms with Gasteiger partial charge >= 0.3 is 0 Å². The van der Waals surface area contributed by atoms with Crippen LogP contribution in [0.15, 0.2) is 12.0 Å². The maximum absolute atomic E-state index is 12.0. The highest BCUT2D eigenvalue weighted by Gasteiger charge is 2.32. The molecule has 1 aliphatic carbocycles. The van der Waals surface area contributed by atoms with Crippen LogP contribution in [0.25, 0.3) is 0 Å². The molecule has 3 atom stereocenters. The fourth-order valence-electron chi connectivity index (χ4n) is 2.54. The Balaban J connectivity index is 2.72. The van der Waals surface area contributed by atoms with Crippen LogP contribution in [0, 0.1) is 11.8 Å². The van der Waals surface area contributed by atoms with Crippen LogP contribution in [0.4, 0.5) is 0 Å². The van der Waals surface area contributed by atoms with Gasteiger partial charge in [0.25, 0.3) is 5.95 Å². The van der Waals surface area contributed by atoms with Crippen molar-refractivity contribution >= 4 is 5.91 Å². The summed E-state index contributed by atoms with van der Waals surface area (Å²) >= 11 is 0. The van der Waals surface area contributed by atoms with E-state index in [4.69, 9.17) is 10.5 Å². The Morgan fingerprint density at radius 1 is 1.35 bits per heavy atom. The molecule has 1 amide bonds. The number of aliphatic hydroxyl groups is 1. The summed E-state index contributed by atoms with van der Waals surface area (Å²) in [5.41, 5.74) is 5.65. The van der Waals surface area contributed by atoms with Crippen LogP contribution < -0.4 is 5.73 Å². The number of nitrogens with two attached hydrogens (primary N) is 1. The quantitative estimate of drug-likeness (QED) is 0.778. The van der Waals surface area contributed by atoms with Crippen molar-refractivity contribution in [1.29, 1.82) is 0 Å². The zero-order valence-electron chi connectivity index (χ0n) is 13.2. The number of hydrogen-bond acceptors (Lipinski definition) is 4. The summed E-state index contributed by atoms with van der Waals surface area (Å²) in [7, 11) is 3.53. The van der Waals surface area contributed by atoms with Crippen LogP contribution >= 0.6 is 0 Å². The van der Waals surface area contributed by atoms with Crippen LogP contribution in [0.5, 0.6) is 0 Å². The third-order valence-corrected chi connectivity index (χ3v) is 3.51. The van der Waals surface area contributed by atoms with Crippen molar-refractivity contribution in [3.63, 3.8) is 0 Å². The van der Waals surface area contributed by atoms with Crippen molar-refractivity contribution < 1.29 is 14.6 Å². The van der Waals surface area contributed by atoms with E-state index in [1.165, 1.54) is 0 Å². The molecular formula is C15H28N2O3. The summed E-state index contributed by atoms with van der Waals surface area (Å²) in [6.07, 6.45) is 3.92. The highest BCUT2D eigenvalue weighted by molar-refractivity contribution is 5.78. The van der Waals surface area contributed by atoms with Gasteiger partial charge in [-0.15, -0.1) is 0 Å². The minimum absolute atomic E-state index is 0.0199. The molecule has 5 heteroatoms. The minimum Gasteiger partial charge on any atom is -0.481 e. The van der Waals surface area contributed by atoms with Crippen LogP contribution in [0.2, 0.25) is 0 Å². The molecule has 0 aliphatic heterocycles. The standard InChI is InChI=1S/C15H28N2O3/c1-15(2,3)20-13(18)9-11-8-10(6-7-12(11)16)14(19)17(4)5/h9-12,18H,6-8,16H2,1-5H3/b13-9+. The Kier molecular flexibility index (Phi) is 5.45. The van der Waals surface area contributed by atoms with E-state index < -0.39 is 5.60 Å². The average Bonchev–Trinajstić information content (AvgIpc) is 2.28. The minimum atomic E-state index is -0.446. The fraction of sp³-hybridized carbons (Fsp3) is 0.800. The third-order valence-electron chi connectivity index (χ3n) is 3.51. The van der Waals surface area contributed by atoms with Crippen molar-refractivity contribution in [2.24, 2.45) is 17.6 Å². The fourth-order valence-corrected chi connectivity index (χ4v) is 2.54. The normalized spacial score (nSPS) is 28.1. The van der Waals surface area contributed by atoms with Gasteiger partial charge in [0, 0.05) is 32.1 Å². The molecule has 1 rings (SSSR count). The van der Waals surface area contributed by atoms with Crippen LogP contribution in [-0.2, 0) is 9.53 Å². The molecule has 0 saturated heterocycles. The molecule has 0 spiro atoms. The molecule has 1 saturated carbocycles. The molecule has 5 nitrogen and oxygen atoms in total. The maximum atomic E-state index is 12.0. The number of amides is 1. The first kappa shape index (κ1) is 16.8. The van der Waals surface area contributed by atoms with Gasteiger partial charge < -0.3 is 20.5 Å². The van der Waals surface area contributed by atoms with Gasteiger partial charge in [-0.1, -0.05) is 0 Å². The molecule has 3 N–H and O–H groups in total. The Hall–Kier alpha value is -1.23. The first-order valence-corrected chi connectivity index (χ1v) is 7.16. The number of carbonyl (C=O) groups is 1. The molecular weight excluding hydrogens is 256 g/mol. The second-order valence-electron chi connectivity index (χ2n) is 6.79. The summed E-state index contributed by atoms with van der Waals surface area (Å²) in [4.78, 5) is 13.7. The number of carbonyl (C=O) groups excluding carboxylic acids is 1. The predicted octanol–water partition coefficient (Wildman–Crippen LogP) is 2.03. The van der Waals surface area contributed by atoms with Gasteiger partial charge in [0.2, 0.25) is 5.91 Å². The molecule has 1 aliphatic rings. The molecule has 3 unspecified atom stereocenters. The number of rotatable bonds is 3. The Bertz CT molecular complexity index is 372. The van der Waals surface area contributed by atoms with Gasteiger partial charge in [0.15, 0.2) is 0 Å². The summed E-state index contributed by atoms with van der Waals surface area (Å²) in [5.74, 6) is -0.0177. The van der Waals surface area contributed by atoms with Crippen molar-refractivity contribution in [3.05, 3.63) is 12.0 Å². The molecule has 0 radical (unpaired) electrons. The van der Waals surface area contributed by atoms with Crippen molar-refractivity contribution in [1.82, 2.24) is 4.90 Å². The Morgan fingerprint density at radius 2 is 1.95 bits per heavy atom. The first-order chi connectivity index (χ1) is 9.10. The molecule has 0 heterocycles. The molecule has 116 valence electrons. The topological polar surface area (TPSA) is 75.8 Å². The van der Waals surface area contributed by atoms with E-state index in [0.29, 0.717) is 6.42 Å². The van der Waals surface area contributed by atoms with Gasteiger partial charge in [-0.25, -0.2) is 0 Å².